The van der Waals surface area contributed by atoms with E-state index >= 15 is 0 Å². The quantitative estimate of drug-likeness (QED) is 0.398. The van der Waals surface area contributed by atoms with Crippen LogP contribution in [-0.4, -0.2) is 48.8 Å². The third-order valence-electron chi connectivity index (χ3n) is 6.10. The second-order valence-electron chi connectivity index (χ2n) is 8.98. The molecule has 0 radical (unpaired) electrons. The number of carbonyl (C=O) groups excluding carboxylic acids is 1. The Hall–Kier alpha value is -3.77. The number of para-hydroxylation sites is 1. The maximum atomic E-state index is 11.3. The number of nitrogens with zero attached hydrogens (tertiary/aromatic N) is 2. The van der Waals surface area contributed by atoms with Gasteiger partial charge in [-0.05, 0) is 86.6 Å². The molecule has 0 unspecified atom stereocenters. The van der Waals surface area contributed by atoms with Gasteiger partial charge in [0.25, 0.3) is 0 Å². The predicted octanol–water partition coefficient (Wildman–Crippen LogP) is 5.18. The number of cyclic esters (lactones) is 1. The predicted molar refractivity (Wildman–Crippen MR) is 134 cm³/mol. The van der Waals surface area contributed by atoms with E-state index in [0.29, 0.717) is 6.61 Å². The monoisotopic (exact) mass is 455 g/mol. The zero-order chi connectivity index (χ0) is 23.5. The van der Waals surface area contributed by atoms with Crippen molar-refractivity contribution in [1.29, 1.82) is 0 Å². The Morgan fingerprint density at radius 3 is 2.68 bits per heavy atom. The number of aromatic nitrogens is 1. The van der Waals surface area contributed by atoms with Crippen LogP contribution in [0.4, 0.5) is 4.79 Å². The highest BCUT2D eigenvalue weighted by molar-refractivity contribution is 5.83. The minimum Gasteiger partial charge on any atom is -0.457 e. The molecule has 0 bridgehead atoms. The van der Waals surface area contributed by atoms with Crippen molar-refractivity contribution in [3.8, 4) is 17.2 Å². The number of rotatable bonds is 8. The molecule has 0 spiro atoms. The number of carbonyl (C=O) groups is 1. The Balaban J connectivity index is 1.43. The van der Waals surface area contributed by atoms with Crippen LogP contribution in [0.3, 0.4) is 0 Å². The summed E-state index contributed by atoms with van der Waals surface area (Å²) in [5, 5.41) is 4.02. The Bertz CT molecular complexity index is 1300. The molecule has 174 valence electrons. The van der Waals surface area contributed by atoms with Crippen LogP contribution in [0, 0.1) is 0 Å². The van der Waals surface area contributed by atoms with Gasteiger partial charge in [-0.2, -0.15) is 0 Å². The molecule has 1 aliphatic rings. The highest BCUT2D eigenvalue weighted by Crippen LogP contribution is 2.30. The third kappa shape index (κ3) is 4.92. The summed E-state index contributed by atoms with van der Waals surface area (Å²) in [6.45, 7) is 1.36. The summed E-state index contributed by atoms with van der Waals surface area (Å²) in [7, 11) is 4.17. The molecule has 0 aliphatic carbocycles. The first kappa shape index (κ1) is 22.0. The van der Waals surface area contributed by atoms with Gasteiger partial charge < -0.3 is 24.3 Å². The van der Waals surface area contributed by atoms with E-state index in [4.69, 9.17) is 9.47 Å². The molecule has 34 heavy (non-hydrogen) atoms. The fourth-order valence-corrected chi connectivity index (χ4v) is 4.34. The molecule has 1 fully saturated rings. The maximum absolute atomic E-state index is 11.3. The SMILES string of the molecule is CN(C)CCc1cc(-n2ccc3cc(C[C@H]4COC(=O)N4)ccc32)ccc1Oc1ccccc1. The van der Waals surface area contributed by atoms with Gasteiger partial charge in [0.15, 0.2) is 0 Å². The van der Waals surface area contributed by atoms with Crippen LogP contribution >= 0.6 is 0 Å². The van der Waals surface area contributed by atoms with E-state index in [2.05, 4.69) is 77.5 Å². The zero-order valence-electron chi connectivity index (χ0n) is 19.5. The molecular formula is C28H29N3O3. The largest absolute Gasteiger partial charge is 0.457 e. The van der Waals surface area contributed by atoms with E-state index in [9.17, 15) is 4.79 Å². The summed E-state index contributed by atoms with van der Waals surface area (Å²) < 4.78 is 13.4. The molecule has 1 saturated heterocycles. The van der Waals surface area contributed by atoms with Crippen LogP contribution in [0.25, 0.3) is 16.6 Å². The number of ether oxygens (including phenoxy) is 2. The van der Waals surface area contributed by atoms with Gasteiger partial charge in [0.1, 0.15) is 18.1 Å². The fraction of sp³-hybridized carbons (Fsp3) is 0.250. The molecule has 5 rings (SSSR count). The lowest BCUT2D eigenvalue weighted by Gasteiger charge is -2.16. The lowest BCUT2D eigenvalue weighted by atomic mass is 10.0. The number of benzene rings is 3. The van der Waals surface area contributed by atoms with Crippen molar-refractivity contribution in [2.45, 2.75) is 18.9 Å². The number of hydrogen-bond acceptors (Lipinski definition) is 4. The normalized spacial score (nSPS) is 15.5. The second-order valence-corrected chi connectivity index (χ2v) is 8.98. The molecule has 6 heteroatoms. The minimum absolute atomic E-state index is 0.0310. The van der Waals surface area contributed by atoms with Crippen molar-refractivity contribution in [3.63, 3.8) is 0 Å². The van der Waals surface area contributed by atoms with Gasteiger partial charge in [0, 0.05) is 23.8 Å². The molecule has 6 nitrogen and oxygen atoms in total. The van der Waals surface area contributed by atoms with Crippen molar-refractivity contribution >= 4 is 17.0 Å². The minimum atomic E-state index is -0.331. The van der Waals surface area contributed by atoms with Crippen molar-refractivity contribution < 1.29 is 14.3 Å². The van der Waals surface area contributed by atoms with E-state index in [-0.39, 0.29) is 12.1 Å². The smallest absolute Gasteiger partial charge is 0.407 e. The van der Waals surface area contributed by atoms with Crippen LogP contribution < -0.4 is 10.1 Å². The van der Waals surface area contributed by atoms with Gasteiger partial charge in [-0.1, -0.05) is 24.3 Å². The average Bonchev–Trinajstić information content (AvgIpc) is 3.44. The first-order valence-electron chi connectivity index (χ1n) is 11.6. The number of alkyl carbamates (subject to hydrolysis) is 1. The standard InChI is InChI=1S/C28H29N3O3/c1-30(2)14-12-22-18-24(9-11-27(22)34-25-6-4-3-5-7-25)31-15-13-21-16-20(8-10-26(21)31)17-23-19-33-28(32)29-23/h3-11,13,15-16,18,23H,12,14,17,19H2,1-2H3,(H,29,32)/t23-/m0/s1. The second kappa shape index (κ2) is 9.61. The van der Waals surface area contributed by atoms with Gasteiger partial charge in [0.05, 0.1) is 11.6 Å². The Morgan fingerprint density at radius 2 is 1.91 bits per heavy atom. The van der Waals surface area contributed by atoms with Crippen LogP contribution in [0.2, 0.25) is 0 Å². The summed E-state index contributed by atoms with van der Waals surface area (Å²) in [5.41, 5.74) is 4.60. The van der Waals surface area contributed by atoms with Gasteiger partial charge in [-0.15, -0.1) is 0 Å². The van der Waals surface area contributed by atoms with E-state index in [1.807, 2.05) is 30.3 Å². The molecule has 1 N–H and O–H groups in total. The van der Waals surface area contributed by atoms with E-state index in [0.717, 1.165) is 42.1 Å². The van der Waals surface area contributed by atoms with Crippen LogP contribution in [0.15, 0.2) is 79.0 Å². The number of nitrogens with one attached hydrogen (secondary N) is 1. The van der Waals surface area contributed by atoms with Gasteiger partial charge in [-0.25, -0.2) is 4.79 Å². The number of likely N-dealkylation sites (N-methyl/N-ethyl adjacent to an activating group) is 1. The number of fused-ring (bicyclic) bond motifs is 1. The molecular weight excluding hydrogens is 426 g/mol. The molecule has 1 aliphatic heterocycles. The van der Waals surface area contributed by atoms with Crippen LogP contribution in [-0.2, 0) is 17.6 Å². The molecule has 0 saturated carbocycles. The summed E-state index contributed by atoms with van der Waals surface area (Å²) in [5.74, 6) is 1.72. The highest BCUT2D eigenvalue weighted by Gasteiger charge is 2.22. The van der Waals surface area contributed by atoms with Gasteiger partial charge >= 0.3 is 6.09 Å². The summed E-state index contributed by atoms with van der Waals surface area (Å²) in [6, 6.07) is 24.9. The van der Waals surface area contributed by atoms with E-state index in [1.54, 1.807) is 0 Å². The van der Waals surface area contributed by atoms with Crippen LogP contribution in [0.5, 0.6) is 11.5 Å². The van der Waals surface area contributed by atoms with Crippen LogP contribution in [0.1, 0.15) is 11.1 Å². The third-order valence-corrected chi connectivity index (χ3v) is 6.10. The van der Waals surface area contributed by atoms with Crippen molar-refractivity contribution in [2.75, 3.05) is 27.2 Å². The van der Waals surface area contributed by atoms with Gasteiger partial charge in [-0.3, -0.25) is 0 Å². The molecule has 4 aromatic rings. The lowest BCUT2D eigenvalue weighted by Crippen LogP contribution is -2.28. The molecule has 1 amide bonds. The Labute approximate surface area is 199 Å². The Kier molecular flexibility index (Phi) is 6.23. The van der Waals surface area contributed by atoms with Crippen molar-refractivity contribution in [3.05, 3.63) is 90.1 Å². The first-order chi connectivity index (χ1) is 16.5. The molecule has 1 aromatic heterocycles. The summed E-state index contributed by atoms with van der Waals surface area (Å²) >= 11 is 0. The number of amides is 1. The highest BCUT2D eigenvalue weighted by atomic mass is 16.6. The van der Waals surface area contributed by atoms with E-state index < -0.39 is 0 Å². The molecule has 2 heterocycles. The number of hydrogen-bond donors (Lipinski definition) is 1. The van der Waals surface area contributed by atoms with Crippen molar-refractivity contribution in [1.82, 2.24) is 14.8 Å². The zero-order valence-corrected chi connectivity index (χ0v) is 19.5. The van der Waals surface area contributed by atoms with Gasteiger partial charge in [0.2, 0.25) is 0 Å². The van der Waals surface area contributed by atoms with E-state index in [1.165, 1.54) is 16.5 Å². The topological polar surface area (TPSA) is 55.7 Å². The molecule has 1 atom stereocenters. The summed E-state index contributed by atoms with van der Waals surface area (Å²) in [6.07, 6.45) is 3.42. The fourth-order valence-electron chi connectivity index (χ4n) is 4.34. The molecule has 3 aromatic carbocycles. The maximum Gasteiger partial charge on any atom is 0.407 e. The average molecular weight is 456 g/mol. The Morgan fingerprint density at radius 1 is 1.06 bits per heavy atom. The summed E-state index contributed by atoms with van der Waals surface area (Å²) in [4.78, 5) is 13.5. The first-order valence-corrected chi connectivity index (χ1v) is 11.6. The van der Waals surface area contributed by atoms with Crippen molar-refractivity contribution in [2.24, 2.45) is 0 Å². The lowest BCUT2D eigenvalue weighted by molar-refractivity contribution is 0.177.